The van der Waals surface area contributed by atoms with Gasteiger partial charge in [0.2, 0.25) is 6.85 Å². The van der Waals surface area contributed by atoms with Crippen LogP contribution < -0.4 is 0 Å². The third kappa shape index (κ3) is 3.28. The summed E-state index contributed by atoms with van der Waals surface area (Å²) in [6, 6.07) is 0.643. The molecule has 0 aliphatic rings. The number of nitrogens with zero attached hydrogens (tertiary/aromatic N) is 1. The van der Waals surface area contributed by atoms with Crippen LogP contribution in [-0.2, 0) is 0 Å². The fraction of sp³-hybridized carbons (Fsp3) is 1.00. The monoisotopic (exact) mass is 155 g/mol. The number of hydrogen-bond acceptors (Lipinski definition) is 1. The third-order valence-electron chi connectivity index (χ3n) is 2.68. The quantitative estimate of drug-likeness (QED) is 0.554. The van der Waals surface area contributed by atoms with Crippen molar-refractivity contribution in [3.8, 4) is 0 Å². The van der Waals surface area contributed by atoms with E-state index in [1.807, 2.05) is 0 Å². The summed E-state index contributed by atoms with van der Waals surface area (Å²) in [6.07, 6.45) is 0. The predicted molar refractivity (Wildman–Crippen MR) is 54.2 cm³/mol. The van der Waals surface area contributed by atoms with Crippen molar-refractivity contribution in [3.05, 3.63) is 0 Å². The van der Waals surface area contributed by atoms with Gasteiger partial charge in [0.05, 0.1) is 0 Å². The standard InChI is InChI=1S/C9H22BN/c1-8(2)11(7)10(6)9(3,4)5/h8H,1-7H3. The Balaban J connectivity index is 4.13. The molecule has 66 valence electrons. The number of hydrogen-bond donors (Lipinski definition) is 0. The van der Waals surface area contributed by atoms with Crippen LogP contribution in [0.2, 0.25) is 12.1 Å². The lowest BCUT2D eigenvalue weighted by Crippen LogP contribution is -2.44. The molecule has 0 N–H and O–H groups in total. The van der Waals surface area contributed by atoms with Gasteiger partial charge in [-0.2, -0.15) is 0 Å². The highest BCUT2D eigenvalue weighted by atomic mass is 15.1. The highest BCUT2D eigenvalue weighted by molar-refractivity contribution is 6.57. The van der Waals surface area contributed by atoms with Crippen LogP contribution in [0.1, 0.15) is 34.6 Å². The molecule has 2 heteroatoms. The predicted octanol–water partition coefficient (Wildman–Crippen LogP) is 2.75. The minimum Gasteiger partial charge on any atom is -0.342 e. The molecule has 0 aromatic heterocycles. The molecule has 0 fully saturated rings. The van der Waals surface area contributed by atoms with Gasteiger partial charge in [-0.25, -0.2) is 0 Å². The fourth-order valence-electron chi connectivity index (χ4n) is 1.06. The van der Waals surface area contributed by atoms with Gasteiger partial charge in [-0.1, -0.05) is 41.4 Å². The summed E-state index contributed by atoms with van der Waals surface area (Å²) in [6.45, 7) is 14.3. The van der Waals surface area contributed by atoms with Crippen molar-refractivity contribution in [1.29, 1.82) is 0 Å². The van der Waals surface area contributed by atoms with Crippen LogP contribution in [0, 0.1) is 0 Å². The molecule has 0 saturated heterocycles. The maximum absolute atomic E-state index is 2.42. The lowest BCUT2D eigenvalue weighted by Gasteiger charge is -2.35. The van der Waals surface area contributed by atoms with E-state index >= 15 is 0 Å². The van der Waals surface area contributed by atoms with Crippen molar-refractivity contribution in [2.24, 2.45) is 0 Å². The Morgan fingerprint density at radius 2 is 1.55 bits per heavy atom. The van der Waals surface area contributed by atoms with Gasteiger partial charge in [0.1, 0.15) is 0 Å². The largest absolute Gasteiger partial charge is 0.342 e. The fourth-order valence-corrected chi connectivity index (χ4v) is 1.06. The van der Waals surface area contributed by atoms with Crippen molar-refractivity contribution >= 4 is 6.85 Å². The first-order valence-corrected chi connectivity index (χ1v) is 4.48. The molecule has 0 radical (unpaired) electrons. The molecule has 1 nitrogen and oxygen atoms in total. The average molecular weight is 155 g/mol. The molecule has 0 aromatic rings. The number of rotatable bonds is 2. The summed E-state index contributed by atoms with van der Waals surface area (Å²) in [4.78, 5) is 2.42. The van der Waals surface area contributed by atoms with Crippen LogP contribution in [0.25, 0.3) is 0 Å². The van der Waals surface area contributed by atoms with E-state index in [9.17, 15) is 0 Å². The Hall–Kier alpha value is 0.0249. The Bertz CT molecular complexity index is 115. The summed E-state index contributed by atoms with van der Waals surface area (Å²) in [5, 5.41) is 0.388. The van der Waals surface area contributed by atoms with Crippen LogP contribution >= 0.6 is 0 Å². The average Bonchev–Trinajstić information content (AvgIpc) is 1.82. The Labute approximate surface area is 72.3 Å². The highest BCUT2D eigenvalue weighted by Crippen LogP contribution is 2.28. The summed E-state index contributed by atoms with van der Waals surface area (Å²) in [7, 11) is 2.20. The minimum atomic E-state index is 0.388. The van der Waals surface area contributed by atoms with Crippen LogP contribution in [0.4, 0.5) is 0 Å². The van der Waals surface area contributed by atoms with Crippen molar-refractivity contribution in [2.75, 3.05) is 7.05 Å². The maximum Gasteiger partial charge on any atom is 0.225 e. The smallest absolute Gasteiger partial charge is 0.225 e. The second kappa shape index (κ2) is 3.62. The first-order chi connectivity index (χ1) is 4.76. The molecule has 0 spiro atoms. The zero-order chi connectivity index (χ0) is 9.23. The van der Waals surface area contributed by atoms with Gasteiger partial charge < -0.3 is 4.81 Å². The van der Waals surface area contributed by atoms with Crippen molar-refractivity contribution in [3.63, 3.8) is 0 Å². The topological polar surface area (TPSA) is 3.24 Å². The summed E-state index contributed by atoms with van der Waals surface area (Å²) in [5.74, 6) is 0. The third-order valence-corrected chi connectivity index (χ3v) is 2.68. The van der Waals surface area contributed by atoms with Gasteiger partial charge >= 0.3 is 0 Å². The second-order valence-electron chi connectivity index (χ2n) is 4.80. The van der Waals surface area contributed by atoms with Crippen molar-refractivity contribution in [2.45, 2.75) is 52.8 Å². The molecule has 0 heterocycles. The molecule has 0 aliphatic carbocycles. The Kier molecular flexibility index (Phi) is 3.63. The van der Waals surface area contributed by atoms with Crippen LogP contribution in [0.15, 0.2) is 0 Å². The van der Waals surface area contributed by atoms with E-state index in [0.29, 0.717) is 18.2 Å². The summed E-state index contributed by atoms with van der Waals surface area (Å²) in [5.41, 5.74) is 0. The van der Waals surface area contributed by atoms with Gasteiger partial charge in [0.15, 0.2) is 0 Å². The van der Waals surface area contributed by atoms with E-state index in [2.05, 4.69) is 53.3 Å². The maximum atomic E-state index is 2.42. The van der Waals surface area contributed by atoms with Gasteiger partial charge in [0.25, 0.3) is 0 Å². The zero-order valence-electron chi connectivity index (χ0n) is 9.10. The van der Waals surface area contributed by atoms with Gasteiger partial charge in [0, 0.05) is 0 Å². The molecule has 11 heavy (non-hydrogen) atoms. The molecule has 0 rings (SSSR count). The summed E-state index contributed by atoms with van der Waals surface area (Å²) < 4.78 is 0. The minimum absolute atomic E-state index is 0.388. The van der Waals surface area contributed by atoms with Crippen molar-refractivity contribution < 1.29 is 0 Å². The first-order valence-electron chi connectivity index (χ1n) is 4.48. The lowest BCUT2D eigenvalue weighted by molar-refractivity contribution is 0.412. The molecule has 0 aromatic carbocycles. The second-order valence-corrected chi connectivity index (χ2v) is 4.80. The van der Waals surface area contributed by atoms with Crippen LogP contribution in [0.3, 0.4) is 0 Å². The van der Waals surface area contributed by atoms with Crippen LogP contribution in [-0.4, -0.2) is 24.7 Å². The lowest BCUT2D eigenvalue weighted by atomic mass is 9.44. The van der Waals surface area contributed by atoms with E-state index in [1.54, 1.807) is 0 Å². The Morgan fingerprint density at radius 1 is 1.18 bits per heavy atom. The molecular formula is C9H22BN. The van der Waals surface area contributed by atoms with E-state index in [1.165, 1.54) is 0 Å². The molecule has 0 amide bonds. The molecular weight excluding hydrogens is 133 g/mol. The van der Waals surface area contributed by atoms with Gasteiger partial charge in [-0.3, -0.25) is 0 Å². The van der Waals surface area contributed by atoms with E-state index in [4.69, 9.17) is 0 Å². The normalized spacial score (nSPS) is 12.8. The zero-order valence-corrected chi connectivity index (χ0v) is 9.10. The van der Waals surface area contributed by atoms with E-state index in [-0.39, 0.29) is 0 Å². The van der Waals surface area contributed by atoms with E-state index < -0.39 is 0 Å². The SMILES string of the molecule is CB(N(C)C(C)C)C(C)(C)C. The molecule has 0 saturated carbocycles. The van der Waals surface area contributed by atoms with E-state index in [0.717, 1.165) is 0 Å². The highest BCUT2D eigenvalue weighted by Gasteiger charge is 2.29. The molecule has 0 unspecified atom stereocenters. The van der Waals surface area contributed by atoms with Crippen molar-refractivity contribution in [1.82, 2.24) is 4.81 Å². The molecule has 0 atom stereocenters. The van der Waals surface area contributed by atoms with Crippen LogP contribution in [0.5, 0.6) is 0 Å². The van der Waals surface area contributed by atoms with Gasteiger partial charge in [-0.15, -0.1) is 0 Å². The summed E-state index contributed by atoms with van der Waals surface area (Å²) >= 11 is 0. The Morgan fingerprint density at radius 3 is 1.64 bits per heavy atom. The van der Waals surface area contributed by atoms with Gasteiger partial charge in [-0.05, 0) is 18.4 Å². The molecule has 0 bridgehead atoms. The first kappa shape index (κ1) is 11.0. The molecule has 0 aliphatic heterocycles.